The number of carbonyl (C=O) groups is 1. The molecule has 0 aliphatic carbocycles. The third-order valence-electron chi connectivity index (χ3n) is 3.37. The van der Waals surface area contributed by atoms with E-state index in [1.54, 1.807) is 7.11 Å². The molecule has 1 aliphatic heterocycles. The first-order valence-corrected chi connectivity index (χ1v) is 6.22. The Labute approximate surface area is 107 Å². The second-order valence-corrected chi connectivity index (χ2v) is 4.50. The standard InChI is InChI=1S/C14H19NO3/c1-17-11-6-3-5-10(9-11)12-7-4-8-13(15-12)14(16)18-2/h3,5-6,9,12-13,15H,4,7-8H2,1-2H3. The number of piperidine rings is 1. The van der Waals surface area contributed by atoms with Gasteiger partial charge in [-0.15, -0.1) is 0 Å². The smallest absolute Gasteiger partial charge is 0.322 e. The Hall–Kier alpha value is -1.55. The predicted octanol–water partition coefficient (Wildman–Crippen LogP) is 2.05. The summed E-state index contributed by atoms with van der Waals surface area (Å²) in [6.07, 6.45) is 2.89. The van der Waals surface area contributed by atoms with Gasteiger partial charge in [-0.05, 0) is 37.0 Å². The zero-order valence-corrected chi connectivity index (χ0v) is 10.8. The van der Waals surface area contributed by atoms with Crippen molar-refractivity contribution in [2.75, 3.05) is 14.2 Å². The molecule has 4 heteroatoms. The van der Waals surface area contributed by atoms with Crippen LogP contribution >= 0.6 is 0 Å². The van der Waals surface area contributed by atoms with Crippen LogP contribution < -0.4 is 10.1 Å². The molecule has 1 aliphatic rings. The lowest BCUT2D eigenvalue weighted by molar-refractivity contribution is -0.144. The van der Waals surface area contributed by atoms with E-state index in [1.165, 1.54) is 7.11 Å². The van der Waals surface area contributed by atoms with E-state index in [-0.39, 0.29) is 18.1 Å². The molecule has 1 saturated heterocycles. The van der Waals surface area contributed by atoms with Gasteiger partial charge in [0, 0.05) is 6.04 Å². The maximum Gasteiger partial charge on any atom is 0.322 e. The Morgan fingerprint density at radius 3 is 2.89 bits per heavy atom. The molecule has 1 N–H and O–H groups in total. The molecule has 2 atom stereocenters. The molecule has 0 saturated carbocycles. The summed E-state index contributed by atoms with van der Waals surface area (Å²) in [5.74, 6) is 0.664. The van der Waals surface area contributed by atoms with Gasteiger partial charge in [0.15, 0.2) is 0 Å². The molecular formula is C14H19NO3. The molecule has 2 rings (SSSR count). The summed E-state index contributed by atoms with van der Waals surface area (Å²) in [5.41, 5.74) is 1.16. The normalized spacial score (nSPS) is 23.4. The lowest BCUT2D eigenvalue weighted by Gasteiger charge is -2.29. The van der Waals surface area contributed by atoms with Crippen LogP contribution in [0.3, 0.4) is 0 Å². The molecule has 0 bridgehead atoms. The van der Waals surface area contributed by atoms with E-state index >= 15 is 0 Å². The van der Waals surface area contributed by atoms with Crippen molar-refractivity contribution in [3.63, 3.8) is 0 Å². The van der Waals surface area contributed by atoms with Gasteiger partial charge in [0.1, 0.15) is 11.8 Å². The second kappa shape index (κ2) is 5.87. The van der Waals surface area contributed by atoms with Gasteiger partial charge in [-0.1, -0.05) is 12.1 Å². The predicted molar refractivity (Wildman–Crippen MR) is 68.5 cm³/mol. The van der Waals surface area contributed by atoms with Gasteiger partial charge in [0.05, 0.1) is 14.2 Å². The van der Waals surface area contributed by atoms with Crippen LogP contribution in [0.15, 0.2) is 24.3 Å². The van der Waals surface area contributed by atoms with Crippen LogP contribution in [0.2, 0.25) is 0 Å². The van der Waals surface area contributed by atoms with E-state index < -0.39 is 0 Å². The van der Waals surface area contributed by atoms with Gasteiger partial charge < -0.3 is 9.47 Å². The van der Waals surface area contributed by atoms with Crippen molar-refractivity contribution in [3.05, 3.63) is 29.8 Å². The van der Waals surface area contributed by atoms with Crippen LogP contribution in [0.25, 0.3) is 0 Å². The summed E-state index contributed by atoms with van der Waals surface area (Å²) in [6.45, 7) is 0. The number of rotatable bonds is 3. The van der Waals surface area contributed by atoms with E-state index in [0.717, 1.165) is 30.6 Å². The number of nitrogens with one attached hydrogen (secondary N) is 1. The van der Waals surface area contributed by atoms with Crippen molar-refractivity contribution in [3.8, 4) is 5.75 Å². The number of hydrogen-bond donors (Lipinski definition) is 1. The molecule has 1 fully saturated rings. The lowest BCUT2D eigenvalue weighted by Crippen LogP contribution is -2.43. The fourth-order valence-corrected chi connectivity index (χ4v) is 2.38. The third kappa shape index (κ3) is 2.82. The number of carbonyl (C=O) groups excluding carboxylic acids is 1. The largest absolute Gasteiger partial charge is 0.497 e. The summed E-state index contributed by atoms with van der Waals surface area (Å²) in [5, 5.41) is 3.34. The maximum atomic E-state index is 11.6. The molecule has 1 aromatic rings. The summed E-state index contributed by atoms with van der Waals surface area (Å²) in [4.78, 5) is 11.6. The van der Waals surface area contributed by atoms with Crippen LogP contribution in [0.1, 0.15) is 30.9 Å². The summed E-state index contributed by atoms with van der Waals surface area (Å²) in [6, 6.07) is 7.96. The van der Waals surface area contributed by atoms with Gasteiger partial charge in [0.25, 0.3) is 0 Å². The van der Waals surface area contributed by atoms with Crippen LogP contribution in [0.5, 0.6) is 5.75 Å². The topological polar surface area (TPSA) is 47.6 Å². The Kier molecular flexibility index (Phi) is 4.20. The molecule has 0 aromatic heterocycles. The number of ether oxygens (including phenoxy) is 2. The highest BCUT2D eigenvalue weighted by Gasteiger charge is 2.27. The van der Waals surface area contributed by atoms with Gasteiger partial charge in [-0.25, -0.2) is 0 Å². The molecule has 0 radical (unpaired) electrons. The first kappa shape index (κ1) is 12.9. The maximum absolute atomic E-state index is 11.6. The third-order valence-corrected chi connectivity index (χ3v) is 3.37. The Morgan fingerprint density at radius 1 is 1.33 bits per heavy atom. The van der Waals surface area contributed by atoms with Crippen LogP contribution in [0.4, 0.5) is 0 Å². The second-order valence-electron chi connectivity index (χ2n) is 4.50. The van der Waals surface area contributed by atoms with Crippen molar-refractivity contribution in [1.82, 2.24) is 5.32 Å². The van der Waals surface area contributed by atoms with Crippen molar-refractivity contribution >= 4 is 5.97 Å². The fraction of sp³-hybridized carbons (Fsp3) is 0.500. The van der Waals surface area contributed by atoms with E-state index in [0.29, 0.717) is 0 Å². The summed E-state index contributed by atoms with van der Waals surface area (Å²) in [7, 11) is 3.09. The molecule has 0 spiro atoms. The highest BCUT2D eigenvalue weighted by atomic mass is 16.5. The quantitative estimate of drug-likeness (QED) is 0.833. The summed E-state index contributed by atoms with van der Waals surface area (Å²) >= 11 is 0. The number of methoxy groups -OCH3 is 2. The zero-order chi connectivity index (χ0) is 13.0. The molecule has 1 aromatic carbocycles. The molecule has 18 heavy (non-hydrogen) atoms. The molecule has 1 heterocycles. The lowest BCUT2D eigenvalue weighted by atomic mass is 9.93. The van der Waals surface area contributed by atoms with Gasteiger partial charge in [-0.3, -0.25) is 10.1 Å². The molecule has 98 valence electrons. The zero-order valence-electron chi connectivity index (χ0n) is 10.8. The highest BCUT2D eigenvalue weighted by Crippen LogP contribution is 2.28. The van der Waals surface area contributed by atoms with Gasteiger partial charge in [0.2, 0.25) is 0 Å². The molecular weight excluding hydrogens is 230 g/mol. The van der Waals surface area contributed by atoms with Crippen molar-refractivity contribution < 1.29 is 14.3 Å². The average molecular weight is 249 g/mol. The molecule has 2 unspecified atom stereocenters. The van der Waals surface area contributed by atoms with Crippen molar-refractivity contribution in [2.24, 2.45) is 0 Å². The molecule has 4 nitrogen and oxygen atoms in total. The minimum atomic E-state index is -0.194. The van der Waals surface area contributed by atoms with Crippen LogP contribution in [0, 0.1) is 0 Å². The summed E-state index contributed by atoms with van der Waals surface area (Å²) < 4.78 is 10.0. The average Bonchev–Trinajstić information content (AvgIpc) is 2.46. The first-order chi connectivity index (χ1) is 8.74. The van der Waals surface area contributed by atoms with E-state index in [2.05, 4.69) is 11.4 Å². The van der Waals surface area contributed by atoms with E-state index in [1.807, 2.05) is 18.2 Å². The minimum absolute atomic E-state index is 0.178. The highest BCUT2D eigenvalue weighted by molar-refractivity contribution is 5.75. The van der Waals surface area contributed by atoms with Crippen LogP contribution in [-0.4, -0.2) is 26.2 Å². The molecule has 0 amide bonds. The van der Waals surface area contributed by atoms with Crippen molar-refractivity contribution in [1.29, 1.82) is 0 Å². The Morgan fingerprint density at radius 2 is 2.17 bits per heavy atom. The van der Waals surface area contributed by atoms with Gasteiger partial charge in [-0.2, -0.15) is 0 Å². The van der Waals surface area contributed by atoms with Crippen LogP contribution in [-0.2, 0) is 9.53 Å². The van der Waals surface area contributed by atoms with E-state index in [9.17, 15) is 4.79 Å². The Bertz CT molecular complexity index is 419. The number of hydrogen-bond acceptors (Lipinski definition) is 4. The van der Waals surface area contributed by atoms with Crippen molar-refractivity contribution in [2.45, 2.75) is 31.3 Å². The fourth-order valence-electron chi connectivity index (χ4n) is 2.38. The number of esters is 1. The van der Waals surface area contributed by atoms with Gasteiger partial charge >= 0.3 is 5.97 Å². The SMILES string of the molecule is COC(=O)C1CCCC(c2cccc(OC)c2)N1. The number of benzene rings is 1. The van der Waals surface area contributed by atoms with E-state index in [4.69, 9.17) is 9.47 Å². The Balaban J connectivity index is 2.10. The minimum Gasteiger partial charge on any atom is -0.497 e. The first-order valence-electron chi connectivity index (χ1n) is 6.22. The monoisotopic (exact) mass is 249 g/mol.